The largest absolute Gasteiger partial charge is 0.469 e. The van der Waals surface area contributed by atoms with Crippen molar-refractivity contribution in [2.24, 2.45) is 5.92 Å². The van der Waals surface area contributed by atoms with Gasteiger partial charge in [0.2, 0.25) is 11.8 Å². The SMILES string of the molecule is Cc1ccc(N2CC(C(=O)NCC(C)(O)Cc3ccco3)CC2=O)cc1. The first kappa shape index (κ1) is 18.2. The fourth-order valence-corrected chi connectivity index (χ4v) is 3.13. The first-order valence-corrected chi connectivity index (χ1v) is 8.73. The van der Waals surface area contributed by atoms with E-state index in [1.54, 1.807) is 30.2 Å². The molecular weight excluding hydrogens is 332 g/mol. The quantitative estimate of drug-likeness (QED) is 0.830. The zero-order valence-corrected chi connectivity index (χ0v) is 15.1. The van der Waals surface area contributed by atoms with Crippen molar-refractivity contribution in [3.8, 4) is 0 Å². The van der Waals surface area contributed by atoms with Crippen LogP contribution in [0.2, 0.25) is 0 Å². The number of hydrogen-bond acceptors (Lipinski definition) is 4. The Morgan fingerprint density at radius 3 is 2.73 bits per heavy atom. The van der Waals surface area contributed by atoms with Gasteiger partial charge in [-0.3, -0.25) is 9.59 Å². The Kier molecular flexibility index (Phi) is 5.13. The van der Waals surface area contributed by atoms with E-state index in [2.05, 4.69) is 5.32 Å². The van der Waals surface area contributed by atoms with Crippen molar-refractivity contribution in [2.75, 3.05) is 18.0 Å². The van der Waals surface area contributed by atoms with E-state index in [4.69, 9.17) is 4.42 Å². The van der Waals surface area contributed by atoms with Gasteiger partial charge in [-0.1, -0.05) is 17.7 Å². The molecule has 1 aliphatic heterocycles. The molecule has 1 fully saturated rings. The van der Waals surface area contributed by atoms with Crippen LogP contribution in [-0.4, -0.2) is 35.6 Å². The van der Waals surface area contributed by atoms with Crippen LogP contribution in [0.25, 0.3) is 0 Å². The van der Waals surface area contributed by atoms with E-state index in [-0.39, 0.29) is 24.8 Å². The van der Waals surface area contributed by atoms with Gasteiger partial charge < -0.3 is 19.7 Å². The van der Waals surface area contributed by atoms with Crippen LogP contribution in [0.4, 0.5) is 5.69 Å². The number of carbonyl (C=O) groups excluding carboxylic acids is 2. The molecule has 2 atom stereocenters. The van der Waals surface area contributed by atoms with Crippen molar-refractivity contribution >= 4 is 17.5 Å². The second kappa shape index (κ2) is 7.33. The van der Waals surface area contributed by atoms with Gasteiger partial charge in [0.05, 0.1) is 17.8 Å². The minimum absolute atomic E-state index is 0.0589. The van der Waals surface area contributed by atoms with E-state index in [9.17, 15) is 14.7 Å². The molecule has 6 heteroatoms. The third-order valence-corrected chi connectivity index (χ3v) is 4.62. The number of hydrogen-bond donors (Lipinski definition) is 2. The van der Waals surface area contributed by atoms with E-state index in [0.717, 1.165) is 11.3 Å². The summed E-state index contributed by atoms with van der Waals surface area (Å²) in [5, 5.41) is 13.2. The maximum absolute atomic E-state index is 12.4. The molecule has 26 heavy (non-hydrogen) atoms. The van der Waals surface area contributed by atoms with Gasteiger partial charge in [0.25, 0.3) is 0 Å². The average Bonchev–Trinajstić information content (AvgIpc) is 3.23. The third-order valence-electron chi connectivity index (χ3n) is 4.62. The zero-order chi connectivity index (χ0) is 18.7. The highest BCUT2D eigenvalue weighted by atomic mass is 16.3. The van der Waals surface area contributed by atoms with Crippen LogP contribution in [-0.2, 0) is 16.0 Å². The number of nitrogens with one attached hydrogen (secondary N) is 1. The molecule has 3 rings (SSSR count). The maximum Gasteiger partial charge on any atom is 0.227 e. The van der Waals surface area contributed by atoms with E-state index < -0.39 is 11.5 Å². The summed E-state index contributed by atoms with van der Waals surface area (Å²) < 4.78 is 5.24. The van der Waals surface area contributed by atoms with Crippen LogP contribution in [0, 0.1) is 12.8 Å². The number of aliphatic hydroxyl groups is 1. The lowest BCUT2D eigenvalue weighted by atomic mass is 10.00. The number of amides is 2. The van der Waals surface area contributed by atoms with Crippen molar-refractivity contribution < 1.29 is 19.1 Å². The highest BCUT2D eigenvalue weighted by molar-refractivity contribution is 6.00. The monoisotopic (exact) mass is 356 g/mol. The van der Waals surface area contributed by atoms with Crippen LogP contribution < -0.4 is 10.2 Å². The summed E-state index contributed by atoms with van der Waals surface area (Å²) in [6.07, 6.45) is 2.03. The highest BCUT2D eigenvalue weighted by Gasteiger charge is 2.35. The Morgan fingerprint density at radius 1 is 1.35 bits per heavy atom. The molecule has 2 amide bonds. The number of benzene rings is 1. The number of nitrogens with zero attached hydrogens (tertiary/aromatic N) is 1. The van der Waals surface area contributed by atoms with Gasteiger partial charge in [0.15, 0.2) is 0 Å². The highest BCUT2D eigenvalue weighted by Crippen LogP contribution is 2.25. The van der Waals surface area contributed by atoms with Crippen LogP contribution in [0.3, 0.4) is 0 Å². The Balaban J connectivity index is 1.55. The van der Waals surface area contributed by atoms with Gasteiger partial charge in [-0.2, -0.15) is 0 Å². The van der Waals surface area contributed by atoms with Crippen LogP contribution >= 0.6 is 0 Å². The van der Waals surface area contributed by atoms with E-state index in [1.807, 2.05) is 31.2 Å². The van der Waals surface area contributed by atoms with Crippen molar-refractivity contribution in [1.82, 2.24) is 5.32 Å². The van der Waals surface area contributed by atoms with Gasteiger partial charge in [0, 0.05) is 31.6 Å². The smallest absolute Gasteiger partial charge is 0.227 e. The van der Waals surface area contributed by atoms with Gasteiger partial charge >= 0.3 is 0 Å². The van der Waals surface area contributed by atoms with Gasteiger partial charge in [0.1, 0.15) is 5.76 Å². The minimum atomic E-state index is -1.12. The Bertz CT molecular complexity index is 766. The first-order valence-electron chi connectivity index (χ1n) is 8.73. The summed E-state index contributed by atoms with van der Waals surface area (Å²) in [7, 11) is 0. The second-order valence-electron chi connectivity index (χ2n) is 7.21. The molecule has 1 aromatic heterocycles. The molecule has 0 saturated carbocycles. The van der Waals surface area contributed by atoms with Crippen LogP contribution in [0.15, 0.2) is 47.1 Å². The van der Waals surface area contributed by atoms with Gasteiger partial charge in [-0.15, -0.1) is 0 Å². The van der Waals surface area contributed by atoms with E-state index >= 15 is 0 Å². The predicted octanol–water partition coefficient (Wildman–Crippen LogP) is 2.05. The standard InChI is InChI=1S/C20H24N2O4/c1-14-5-7-16(8-6-14)22-12-15(10-18(22)23)19(24)21-13-20(2,25)11-17-4-3-9-26-17/h3-9,15,25H,10-13H2,1-2H3,(H,21,24). The molecule has 6 nitrogen and oxygen atoms in total. The van der Waals surface area contributed by atoms with Crippen LogP contribution in [0.1, 0.15) is 24.7 Å². The Labute approximate surface area is 152 Å². The number of anilines is 1. The summed E-state index contributed by atoms with van der Waals surface area (Å²) in [4.78, 5) is 26.4. The molecule has 1 aliphatic rings. The molecule has 2 N–H and O–H groups in total. The first-order chi connectivity index (χ1) is 12.3. The molecule has 2 unspecified atom stereocenters. The molecule has 2 heterocycles. The molecule has 0 bridgehead atoms. The molecule has 0 spiro atoms. The topological polar surface area (TPSA) is 82.8 Å². The molecule has 1 aromatic carbocycles. The molecule has 138 valence electrons. The lowest BCUT2D eigenvalue weighted by Crippen LogP contribution is -2.44. The van der Waals surface area contributed by atoms with E-state index in [0.29, 0.717) is 18.7 Å². The Morgan fingerprint density at radius 2 is 2.08 bits per heavy atom. The fourth-order valence-electron chi connectivity index (χ4n) is 3.13. The van der Waals surface area contributed by atoms with Crippen LogP contribution in [0.5, 0.6) is 0 Å². The second-order valence-corrected chi connectivity index (χ2v) is 7.21. The summed E-state index contributed by atoms with van der Waals surface area (Å²) >= 11 is 0. The summed E-state index contributed by atoms with van der Waals surface area (Å²) in [5.41, 5.74) is 0.807. The van der Waals surface area contributed by atoms with E-state index in [1.165, 1.54) is 0 Å². The third kappa shape index (κ3) is 4.32. The lowest BCUT2D eigenvalue weighted by Gasteiger charge is -2.23. The van der Waals surface area contributed by atoms with Gasteiger partial charge in [-0.25, -0.2) is 0 Å². The van der Waals surface area contributed by atoms with Crippen molar-refractivity contribution in [3.63, 3.8) is 0 Å². The molecule has 0 radical (unpaired) electrons. The summed E-state index contributed by atoms with van der Waals surface area (Å²) in [6.45, 7) is 4.09. The zero-order valence-electron chi connectivity index (χ0n) is 15.1. The maximum atomic E-state index is 12.4. The lowest BCUT2D eigenvalue weighted by molar-refractivity contribution is -0.127. The minimum Gasteiger partial charge on any atom is -0.469 e. The molecular formula is C20H24N2O4. The average molecular weight is 356 g/mol. The van der Waals surface area contributed by atoms with Crippen molar-refractivity contribution in [1.29, 1.82) is 0 Å². The summed E-state index contributed by atoms with van der Waals surface area (Å²) in [6, 6.07) is 11.2. The Hall–Kier alpha value is -2.60. The number of aryl methyl sites for hydroxylation is 1. The van der Waals surface area contributed by atoms with Gasteiger partial charge in [-0.05, 0) is 38.1 Å². The molecule has 0 aliphatic carbocycles. The van der Waals surface area contributed by atoms with Crippen molar-refractivity contribution in [3.05, 3.63) is 54.0 Å². The number of furan rings is 1. The van der Waals surface area contributed by atoms with Crippen molar-refractivity contribution in [2.45, 2.75) is 32.3 Å². The molecule has 1 saturated heterocycles. The normalized spacial score (nSPS) is 19.4. The number of rotatable bonds is 6. The predicted molar refractivity (Wildman–Crippen MR) is 97.7 cm³/mol. The number of carbonyl (C=O) groups is 2. The molecule has 2 aromatic rings. The fraction of sp³-hybridized carbons (Fsp3) is 0.400. The summed E-state index contributed by atoms with van der Waals surface area (Å²) in [5.74, 6) is -0.0296.